The van der Waals surface area contributed by atoms with Crippen molar-refractivity contribution in [3.05, 3.63) is 66.2 Å². The van der Waals surface area contributed by atoms with Crippen LogP contribution in [0.4, 0.5) is 0 Å². The van der Waals surface area contributed by atoms with Crippen LogP contribution in [0.5, 0.6) is 0 Å². The summed E-state index contributed by atoms with van der Waals surface area (Å²) in [6, 6.07) is 20.3. The van der Waals surface area contributed by atoms with Crippen molar-refractivity contribution in [1.29, 1.82) is 0 Å². The van der Waals surface area contributed by atoms with Crippen molar-refractivity contribution in [2.24, 2.45) is 0 Å². The van der Waals surface area contributed by atoms with Crippen LogP contribution in [0, 0.1) is 0 Å². The molecular formula is C17H21INOP. The normalized spacial score (nSPS) is 17.2. The molecular weight excluding hydrogens is 392 g/mol. The topological polar surface area (TPSA) is 20.3 Å². The Morgan fingerprint density at radius 3 is 2.00 bits per heavy atom. The van der Waals surface area contributed by atoms with Crippen molar-refractivity contribution >= 4 is 35.2 Å². The van der Waals surface area contributed by atoms with Crippen LogP contribution in [-0.2, 0) is 4.57 Å². The van der Waals surface area contributed by atoms with Gasteiger partial charge < -0.3 is 4.57 Å². The summed E-state index contributed by atoms with van der Waals surface area (Å²) in [7, 11) is -0.573. The lowest BCUT2D eigenvalue weighted by Gasteiger charge is -2.34. The average molecular weight is 413 g/mol. The second-order valence-electron chi connectivity index (χ2n) is 5.34. The molecule has 0 aliphatic carbocycles. The monoisotopic (exact) mass is 413 g/mol. The van der Waals surface area contributed by atoms with E-state index < -0.39 is 7.29 Å². The molecule has 0 radical (unpaired) electrons. The standard InChI is InChI=1S/C17H21INOP/c1-14(17(18)15-10-6-4-7-11-15)19(2)21(3,20)16-12-8-5-9-13-16/h4-14,17H,1-3H3/t14-,17+,21?/m0/s1. The zero-order valence-corrected chi connectivity index (χ0v) is 15.7. The van der Waals surface area contributed by atoms with Crippen LogP contribution in [-0.4, -0.2) is 24.4 Å². The summed E-state index contributed by atoms with van der Waals surface area (Å²) in [6.07, 6.45) is 0. The smallest absolute Gasteiger partial charge is 0.175 e. The number of hydrogen-bond acceptors (Lipinski definition) is 1. The predicted octanol–water partition coefficient (Wildman–Crippen LogP) is 4.72. The second kappa shape index (κ2) is 7.08. The Morgan fingerprint density at radius 1 is 1.00 bits per heavy atom. The molecule has 0 aliphatic rings. The third-order valence-electron chi connectivity index (χ3n) is 3.97. The lowest BCUT2D eigenvalue weighted by molar-refractivity contribution is 0.394. The van der Waals surface area contributed by atoms with Gasteiger partial charge in [0, 0.05) is 18.0 Å². The molecule has 0 saturated heterocycles. The van der Waals surface area contributed by atoms with E-state index in [4.69, 9.17) is 0 Å². The van der Waals surface area contributed by atoms with Gasteiger partial charge in [-0.2, -0.15) is 0 Å². The van der Waals surface area contributed by atoms with Crippen molar-refractivity contribution in [3.63, 3.8) is 0 Å². The lowest BCUT2D eigenvalue weighted by atomic mass is 10.1. The third-order valence-corrected chi connectivity index (χ3v) is 8.55. The Morgan fingerprint density at radius 2 is 1.48 bits per heavy atom. The van der Waals surface area contributed by atoms with Crippen molar-refractivity contribution in [3.8, 4) is 0 Å². The van der Waals surface area contributed by atoms with Gasteiger partial charge in [0.15, 0.2) is 7.29 Å². The van der Waals surface area contributed by atoms with Crippen molar-refractivity contribution in [2.45, 2.75) is 16.9 Å². The molecule has 0 spiro atoms. The van der Waals surface area contributed by atoms with Gasteiger partial charge in [0.25, 0.3) is 0 Å². The first kappa shape index (κ1) is 16.7. The fourth-order valence-corrected chi connectivity index (χ4v) is 5.41. The Balaban J connectivity index is 2.23. The zero-order valence-electron chi connectivity index (χ0n) is 12.6. The van der Waals surface area contributed by atoms with Crippen molar-refractivity contribution < 1.29 is 4.57 Å². The maximum Gasteiger partial charge on any atom is 0.175 e. The summed E-state index contributed by atoms with van der Waals surface area (Å²) in [5.74, 6) is 0. The van der Waals surface area contributed by atoms with E-state index in [-0.39, 0.29) is 6.04 Å². The number of likely N-dealkylation sites (N-methyl/N-ethyl adjacent to an activating group) is 1. The van der Waals surface area contributed by atoms with Gasteiger partial charge in [-0.05, 0) is 19.5 Å². The molecule has 2 aromatic carbocycles. The molecule has 0 amide bonds. The molecule has 4 heteroatoms. The highest BCUT2D eigenvalue weighted by Gasteiger charge is 2.31. The van der Waals surface area contributed by atoms with Gasteiger partial charge in [-0.25, -0.2) is 4.67 Å². The highest BCUT2D eigenvalue weighted by molar-refractivity contribution is 14.1. The molecule has 3 atom stereocenters. The predicted molar refractivity (Wildman–Crippen MR) is 100 cm³/mol. The summed E-state index contributed by atoms with van der Waals surface area (Å²) < 4.78 is 15.5. The van der Waals surface area contributed by atoms with Gasteiger partial charge in [0.05, 0.1) is 3.92 Å². The molecule has 0 aromatic heterocycles. The molecule has 0 bridgehead atoms. The molecule has 2 aromatic rings. The summed E-state index contributed by atoms with van der Waals surface area (Å²) in [5, 5.41) is 0.913. The van der Waals surface area contributed by atoms with Crippen molar-refractivity contribution in [2.75, 3.05) is 13.7 Å². The Bertz CT molecular complexity index is 617. The fourth-order valence-electron chi connectivity index (χ4n) is 2.34. The van der Waals surface area contributed by atoms with Crippen LogP contribution < -0.4 is 5.30 Å². The van der Waals surface area contributed by atoms with E-state index in [1.165, 1.54) is 5.56 Å². The first-order valence-electron chi connectivity index (χ1n) is 7.00. The van der Waals surface area contributed by atoms with E-state index >= 15 is 0 Å². The number of halogens is 1. The molecule has 21 heavy (non-hydrogen) atoms. The maximum atomic E-state index is 13.2. The maximum absolute atomic E-state index is 13.2. The highest BCUT2D eigenvalue weighted by atomic mass is 127. The zero-order chi connectivity index (χ0) is 15.5. The van der Waals surface area contributed by atoms with Gasteiger partial charge in [0.2, 0.25) is 0 Å². The number of rotatable bonds is 5. The third kappa shape index (κ3) is 3.77. The molecule has 0 saturated carbocycles. The summed E-state index contributed by atoms with van der Waals surface area (Å²) in [5.41, 5.74) is 1.27. The van der Waals surface area contributed by atoms with Gasteiger partial charge >= 0.3 is 0 Å². The van der Waals surface area contributed by atoms with Crippen LogP contribution >= 0.6 is 29.9 Å². The van der Waals surface area contributed by atoms with E-state index in [1.54, 1.807) is 0 Å². The second-order valence-corrected chi connectivity index (χ2v) is 9.59. The molecule has 112 valence electrons. The average Bonchev–Trinajstić information content (AvgIpc) is 2.54. The molecule has 2 nitrogen and oxygen atoms in total. The van der Waals surface area contributed by atoms with E-state index in [2.05, 4.69) is 53.8 Å². The Hall–Kier alpha value is -0.640. The van der Waals surface area contributed by atoms with E-state index in [1.807, 2.05) is 54.8 Å². The minimum Gasteiger partial charge on any atom is -0.302 e. The Kier molecular flexibility index (Phi) is 5.64. The van der Waals surface area contributed by atoms with Crippen molar-refractivity contribution in [1.82, 2.24) is 4.67 Å². The first-order chi connectivity index (χ1) is 9.94. The quantitative estimate of drug-likeness (QED) is 0.402. The molecule has 0 fully saturated rings. The fraction of sp³-hybridized carbons (Fsp3) is 0.294. The van der Waals surface area contributed by atoms with E-state index in [0.717, 1.165) is 5.30 Å². The minimum atomic E-state index is -2.54. The van der Waals surface area contributed by atoms with Crippen LogP contribution in [0.15, 0.2) is 60.7 Å². The van der Waals surface area contributed by atoms with Gasteiger partial charge in [-0.15, -0.1) is 0 Å². The Labute approximate surface area is 141 Å². The number of benzene rings is 2. The van der Waals surface area contributed by atoms with Crippen LogP contribution in [0.25, 0.3) is 0 Å². The van der Waals surface area contributed by atoms with Gasteiger partial charge in [-0.1, -0.05) is 83.3 Å². The molecule has 0 N–H and O–H groups in total. The van der Waals surface area contributed by atoms with Gasteiger partial charge in [0.1, 0.15) is 0 Å². The van der Waals surface area contributed by atoms with Crippen LogP contribution in [0.2, 0.25) is 0 Å². The molecule has 0 heterocycles. The number of nitrogens with zero attached hydrogens (tertiary/aromatic N) is 1. The number of hydrogen-bond donors (Lipinski definition) is 0. The molecule has 0 aliphatic heterocycles. The van der Waals surface area contributed by atoms with E-state index in [9.17, 15) is 4.57 Å². The molecule has 1 unspecified atom stereocenters. The summed E-state index contributed by atoms with van der Waals surface area (Å²) in [6.45, 7) is 4.00. The van der Waals surface area contributed by atoms with Crippen LogP contribution in [0.1, 0.15) is 16.4 Å². The number of alkyl halides is 1. The largest absolute Gasteiger partial charge is 0.302 e. The summed E-state index contributed by atoms with van der Waals surface area (Å²) >= 11 is 2.45. The van der Waals surface area contributed by atoms with E-state index in [0.29, 0.717) is 3.92 Å². The summed E-state index contributed by atoms with van der Waals surface area (Å²) in [4.78, 5) is 0. The minimum absolute atomic E-state index is 0.184. The lowest BCUT2D eigenvalue weighted by Crippen LogP contribution is -2.32. The SMILES string of the molecule is C[C@@H]([C@@H](I)c1ccccc1)N(C)P(C)(=O)c1ccccc1. The first-order valence-corrected chi connectivity index (χ1v) is 10.4. The van der Waals surface area contributed by atoms with Crippen LogP contribution in [0.3, 0.4) is 0 Å². The van der Waals surface area contributed by atoms with Gasteiger partial charge in [-0.3, -0.25) is 0 Å². The highest BCUT2D eigenvalue weighted by Crippen LogP contribution is 2.47. The molecule has 2 rings (SSSR count).